The van der Waals surface area contributed by atoms with E-state index >= 15 is 4.39 Å². The highest BCUT2D eigenvalue weighted by Crippen LogP contribution is 2.72. The molecule has 9 atom stereocenters. The van der Waals surface area contributed by atoms with E-state index in [9.17, 15) is 19.5 Å². The zero-order valence-electron chi connectivity index (χ0n) is 21.8. The number of allylic oxidation sites excluding steroid dienone is 4. The van der Waals surface area contributed by atoms with Gasteiger partial charge < -0.3 is 14.6 Å². The number of hydrogen-bond donors (Lipinski definition) is 1. The van der Waals surface area contributed by atoms with Crippen molar-refractivity contribution in [3.8, 4) is 0 Å². The second-order valence-corrected chi connectivity index (χ2v) is 12.1. The summed E-state index contributed by atoms with van der Waals surface area (Å²) in [5, 5.41) is 11.0. The average molecular weight is 525 g/mol. The minimum absolute atomic E-state index is 0.0486. The van der Waals surface area contributed by atoms with Gasteiger partial charge in [-0.3, -0.25) is 14.4 Å². The summed E-state index contributed by atoms with van der Waals surface area (Å²) in [6, 6.07) is 0. The Bertz CT molecular complexity index is 1010. The second kappa shape index (κ2) is 9.23. The third kappa shape index (κ3) is 3.48. The van der Waals surface area contributed by atoms with Gasteiger partial charge in [0.15, 0.2) is 17.9 Å². The van der Waals surface area contributed by atoms with Crippen molar-refractivity contribution in [3.05, 3.63) is 23.8 Å². The smallest absolute Gasteiger partial charge is 0.306 e. The first-order chi connectivity index (χ1) is 16.8. The predicted molar refractivity (Wildman–Crippen MR) is 133 cm³/mol. The fourth-order valence-electron chi connectivity index (χ4n) is 8.12. The number of Topliss-reactive ketones (excluding diaryl/α,β-unsaturated/α-hetero) is 1. The van der Waals surface area contributed by atoms with E-state index in [1.807, 2.05) is 39.0 Å². The van der Waals surface area contributed by atoms with Crippen LogP contribution in [-0.4, -0.2) is 52.2 Å². The van der Waals surface area contributed by atoms with Crippen molar-refractivity contribution >= 4 is 29.3 Å². The maximum atomic E-state index is 17.5. The Hall–Kier alpha value is -1.73. The van der Waals surface area contributed by atoms with Crippen LogP contribution < -0.4 is 0 Å². The van der Waals surface area contributed by atoms with Crippen LogP contribution in [0.2, 0.25) is 0 Å². The Balaban J connectivity index is 1.83. The van der Waals surface area contributed by atoms with Gasteiger partial charge in [-0.1, -0.05) is 58.4 Å². The fraction of sp³-hybridized carbons (Fsp3) is 0.750. The van der Waals surface area contributed by atoms with Crippen LogP contribution in [0.1, 0.15) is 73.1 Å². The van der Waals surface area contributed by atoms with Crippen LogP contribution in [0, 0.1) is 28.6 Å². The van der Waals surface area contributed by atoms with Crippen molar-refractivity contribution in [2.24, 2.45) is 28.6 Å². The van der Waals surface area contributed by atoms with E-state index in [0.717, 1.165) is 5.57 Å². The number of hydrogen-bond acceptors (Lipinski definition) is 6. The molecule has 0 saturated heterocycles. The number of aliphatic hydroxyl groups is 1. The lowest BCUT2D eigenvalue weighted by Crippen LogP contribution is -2.72. The Morgan fingerprint density at radius 2 is 1.86 bits per heavy atom. The van der Waals surface area contributed by atoms with E-state index in [2.05, 4.69) is 0 Å². The quantitative estimate of drug-likeness (QED) is 0.394. The number of rotatable bonds is 6. The van der Waals surface area contributed by atoms with Crippen LogP contribution in [-0.2, 0) is 23.9 Å². The number of halogens is 2. The van der Waals surface area contributed by atoms with Gasteiger partial charge in [0.25, 0.3) is 0 Å². The number of carbonyl (C=O) groups excluding carboxylic acids is 3. The molecule has 0 bridgehead atoms. The Morgan fingerprint density at radius 3 is 2.50 bits per heavy atom. The fourth-order valence-corrected chi connectivity index (χ4v) is 8.64. The van der Waals surface area contributed by atoms with Crippen LogP contribution in [0.5, 0.6) is 0 Å². The monoisotopic (exact) mass is 524 g/mol. The van der Waals surface area contributed by atoms with E-state index in [4.69, 9.17) is 21.1 Å². The lowest BCUT2D eigenvalue weighted by Gasteiger charge is -2.64. The largest absolute Gasteiger partial charge is 0.457 e. The SMILES string of the molecule is CCC(=O)OCC(=O)[C@@]1(OC(=O)CC)[C@H](C)C[C@H]2[C@@H]3[C@H](Cl)CC4=CC=CC[C@]4(C)[C@@]3(F)[C@@H](O)C[C@@]21C. The highest BCUT2D eigenvalue weighted by atomic mass is 35.5. The first kappa shape index (κ1) is 27.3. The van der Waals surface area contributed by atoms with Gasteiger partial charge in [-0.25, -0.2) is 4.39 Å². The van der Waals surface area contributed by atoms with Crippen molar-refractivity contribution < 1.29 is 33.4 Å². The molecule has 4 aliphatic rings. The van der Waals surface area contributed by atoms with Gasteiger partial charge in [0.1, 0.15) is 0 Å². The molecule has 3 fully saturated rings. The molecule has 0 amide bonds. The van der Waals surface area contributed by atoms with Gasteiger partial charge in [-0.2, -0.15) is 0 Å². The summed E-state index contributed by atoms with van der Waals surface area (Å²) in [5.41, 5.74) is -4.80. The molecule has 0 aromatic rings. The van der Waals surface area contributed by atoms with Gasteiger partial charge in [0, 0.05) is 40.9 Å². The van der Waals surface area contributed by atoms with Gasteiger partial charge in [-0.15, -0.1) is 11.6 Å². The van der Waals surface area contributed by atoms with Crippen molar-refractivity contribution in [1.29, 1.82) is 0 Å². The van der Waals surface area contributed by atoms with E-state index in [-0.39, 0.29) is 19.3 Å². The van der Waals surface area contributed by atoms with E-state index < -0.39 is 75.7 Å². The summed E-state index contributed by atoms with van der Waals surface area (Å²) in [6.45, 7) is 8.21. The Kier molecular flexibility index (Phi) is 7.00. The van der Waals surface area contributed by atoms with E-state index in [1.165, 1.54) is 0 Å². The summed E-state index contributed by atoms with van der Waals surface area (Å²) in [7, 11) is 0. The highest BCUT2D eigenvalue weighted by Gasteiger charge is 2.78. The highest BCUT2D eigenvalue weighted by molar-refractivity contribution is 6.21. The number of aliphatic hydroxyl groups excluding tert-OH is 1. The van der Waals surface area contributed by atoms with Crippen LogP contribution in [0.25, 0.3) is 0 Å². The van der Waals surface area contributed by atoms with Crippen molar-refractivity contribution in [2.45, 2.75) is 95.9 Å². The molecule has 6 nitrogen and oxygen atoms in total. The molecule has 4 rings (SSSR count). The van der Waals surface area contributed by atoms with Crippen LogP contribution in [0.4, 0.5) is 4.39 Å². The third-order valence-corrected chi connectivity index (χ3v) is 10.4. The van der Waals surface area contributed by atoms with Gasteiger partial charge >= 0.3 is 11.9 Å². The standard InChI is InChI=1S/C28H38ClFO6/c1-6-22(33)35-15-21(32)28(36-23(34)7-2)16(3)12-18-24-19(29)13-17-10-8-9-11-25(17,4)27(24,30)20(31)14-26(18,28)5/h8-10,16,18-20,24,31H,6-7,11-15H2,1-5H3/t16-,18+,19-,20+,24-,25+,26+,27-,28+/m1/s1. The molecule has 0 aliphatic heterocycles. The van der Waals surface area contributed by atoms with Crippen molar-refractivity contribution in [1.82, 2.24) is 0 Å². The van der Waals surface area contributed by atoms with Crippen LogP contribution in [0.3, 0.4) is 0 Å². The number of ketones is 1. The Labute approximate surface area is 217 Å². The summed E-state index contributed by atoms with van der Waals surface area (Å²) in [6.07, 6.45) is 5.73. The maximum Gasteiger partial charge on any atom is 0.306 e. The lowest BCUT2D eigenvalue weighted by atomic mass is 9.44. The van der Waals surface area contributed by atoms with Gasteiger partial charge in [0.05, 0.1) is 6.10 Å². The molecule has 0 heterocycles. The molecule has 0 aromatic heterocycles. The number of esters is 2. The lowest BCUT2D eigenvalue weighted by molar-refractivity contribution is -0.233. The average Bonchev–Trinajstić information content (AvgIpc) is 3.05. The topological polar surface area (TPSA) is 89.9 Å². The number of carbonyl (C=O) groups is 3. The molecule has 1 N–H and O–H groups in total. The molecule has 3 saturated carbocycles. The van der Waals surface area contributed by atoms with E-state index in [1.54, 1.807) is 13.8 Å². The first-order valence-corrected chi connectivity index (χ1v) is 13.5. The third-order valence-electron chi connectivity index (χ3n) is 9.94. The number of alkyl halides is 2. The minimum atomic E-state index is -2.01. The van der Waals surface area contributed by atoms with Gasteiger partial charge in [0.2, 0.25) is 5.78 Å². The van der Waals surface area contributed by atoms with Crippen LogP contribution >= 0.6 is 11.6 Å². The van der Waals surface area contributed by atoms with Crippen LogP contribution in [0.15, 0.2) is 23.8 Å². The number of fused-ring (bicyclic) bond motifs is 5. The summed E-state index contributed by atoms with van der Waals surface area (Å²) in [5.74, 6) is -3.29. The molecule has 36 heavy (non-hydrogen) atoms. The summed E-state index contributed by atoms with van der Waals surface area (Å²) in [4.78, 5) is 38.4. The summed E-state index contributed by atoms with van der Waals surface area (Å²) >= 11 is 6.95. The summed E-state index contributed by atoms with van der Waals surface area (Å²) < 4.78 is 28.7. The zero-order valence-corrected chi connectivity index (χ0v) is 22.6. The maximum absolute atomic E-state index is 17.5. The predicted octanol–water partition coefficient (Wildman–Crippen LogP) is 4.86. The molecule has 0 spiro atoms. The Morgan fingerprint density at radius 1 is 1.19 bits per heavy atom. The zero-order chi connectivity index (χ0) is 26.7. The van der Waals surface area contributed by atoms with E-state index in [0.29, 0.717) is 19.3 Å². The molecule has 0 unspecified atom stereocenters. The van der Waals surface area contributed by atoms with Crippen molar-refractivity contribution in [2.75, 3.05) is 6.61 Å². The molecular formula is C28H38ClFO6. The molecule has 4 aliphatic carbocycles. The molecule has 200 valence electrons. The molecule has 0 radical (unpaired) electrons. The van der Waals surface area contributed by atoms with Crippen molar-refractivity contribution in [3.63, 3.8) is 0 Å². The number of ether oxygens (including phenoxy) is 2. The molecule has 8 heteroatoms. The first-order valence-electron chi connectivity index (χ1n) is 13.1. The van der Waals surface area contributed by atoms with Gasteiger partial charge in [-0.05, 0) is 31.6 Å². The second-order valence-electron chi connectivity index (χ2n) is 11.6. The molecular weight excluding hydrogens is 487 g/mol. The minimum Gasteiger partial charge on any atom is -0.457 e. The normalized spacial score (nSPS) is 45.1. The molecule has 0 aromatic carbocycles.